The number of hydrogen-bond donors (Lipinski definition) is 2. The van der Waals surface area contributed by atoms with Crippen LogP contribution in [0.25, 0.3) is 0 Å². The average Bonchev–Trinajstić information content (AvgIpc) is 3.02. The van der Waals surface area contributed by atoms with Gasteiger partial charge in [0.2, 0.25) is 5.91 Å². The van der Waals surface area contributed by atoms with Crippen molar-refractivity contribution in [2.45, 2.75) is 44.8 Å². The second-order valence-electron chi connectivity index (χ2n) is 5.98. The van der Waals surface area contributed by atoms with Crippen LogP contribution in [0.1, 0.15) is 31.7 Å². The van der Waals surface area contributed by atoms with Gasteiger partial charge < -0.3 is 10.6 Å². The highest BCUT2D eigenvalue weighted by Crippen LogP contribution is 2.08. The third kappa shape index (κ3) is 5.95. The van der Waals surface area contributed by atoms with E-state index >= 15 is 0 Å². The van der Waals surface area contributed by atoms with Gasteiger partial charge in [-0.05, 0) is 45.3 Å². The van der Waals surface area contributed by atoms with Gasteiger partial charge in [0.15, 0.2) is 0 Å². The molecule has 2 rings (SSSR count). The molecular weight excluding hydrogens is 298 g/mol. The van der Waals surface area contributed by atoms with Gasteiger partial charge in [0.25, 0.3) is 0 Å². The Kier molecular flexibility index (Phi) is 8.46. The minimum Gasteiger partial charge on any atom is -0.355 e. The summed E-state index contributed by atoms with van der Waals surface area (Å²) in [7, 11) is 2.14. The number of halogens is 1. The summed E-state index contributed by atoms with van der Waals surface area (Å²) in [6.45, 7) is 4.87. The van der Waals surface area contributed by atoms with Crippen LogP contribution >= 0.6 is 12.4 Å². The summed E-state index contributed by atoms with van der Waals surface area (Å²) in [5.41, 5.74) is 1.33. The summed E-state index contributed by atoms with van der Waals surface area (Å²) in [6.07, 6.45) is 3.05. The molecule has 1 saturated heterocycles. The Balaban J connectivity index is 0.00000242. The second-order valence-corrected chi connectivity index (χ2v) is 5.98. The van der Waals surface area contributed by atoms with Crippen LogP contribution in [0.15, 0.2) is 30.3 Å². The highest BCUT2D eigenvalue weighted by atomic mass is 35.5. The van der Waals surface area contributed by atoms with E-state index in [0.29, 0.717) is 6.04 Å². The van der Waals surface area contributed by atoms with Crippen molar-refractivity contribution in [3.05, 3.63) is 35.9 Å². The van der Waals surface area contributed by atoms with Crippen LogP contribution in [-0.2, 0) is 11.3 Å². The van der Waals surface area contributed by atoms with E-state index in [4.69, 9.17) is 0 Å². The molecule has 2 N–H and O–H groups in total. The van der Waals surface area contributed by atoms with Crippen LogP contribution in [0.5, 0.6) is 0 Å². The lowest BCUT2D eigenvalue weighted by Crippen LogP contribution is -2.42. The van der Waals surface area contributed by atoms with Crippen molar-refractivity contribution < 1.29 is 4.79 Å². The molecule has 1 amide bonds. The van der Waals surface area contributed by atoms with Crippen LogP contribution in [0.4, 0.5) is 0 Å². The lowest BCUT2D eigenvalue weighted by Gasteiger charge is -2.25. The monoisotopic (exact) mass is 325 g/mol. The van der Waals surface area contributed by atoms with E-state index in [-0.39, 0.29) is 24.4 Å². The van der Waals surface area contributed by atoms with Crippen molar-refractivity contribution >= 4 is 18.3 Å². The van der Waals surface area contributed by atoms with Gasteiger partial charge in [-0.2, -0.15) is 0 Å². The quantitative estimate of drug-likeness (QED) is 0.807. The van der Waals surface area contributed by atoms with Crippen molar-refractivity contribution in [3.8, 4) is 0 Å². The van der Waals surface area contributed by atoms with Crippen LogP contribution < -0.4 is 10.6 Å². The molecular formula is C17H28ClN3O. The maximum Gasteiger partial charge on any atom is 0.237 e. The maximum absolute atomic E-state index is 11.9. The van der Waals surface area contributed by atoms with Gasteiger partial charge in [-0.3, -0.25) is 9.69 Å². The minimum absolute atomic E-state index is 0. The van der Waals surface area contributed by atoms with Crippen LogP contribution in [0.3, 0.4) is 0 Å². The molecule has 0 aromatic heterocycles. The second kappa shape index (κ2) is 9.82. The highest BCUT2D eigenvalue weighted by Gasteiger charge is 2.21. The smallest absolute Gasteiger partial charge is 0.237 e. The normalized spacial score (nSPS) is 18.8. The molecule has 1 aromatic carbocycles. The number of nitrogens with zero attached hydrogens (tertiary/aromatic N) is 1. The predicted molar refractivity (Wildman–Crippen MR) is 93.3 cm³/mol. The molecule has 0 radical (unpaired) electrons. The molecule has 1 fully saturated rings. The Hall–Kier alpha value is -1.10. The molecule has 2 unspecified atom stereocenters. The molecule has 1 aliphatic heterocycles. The van der Waals surface area contributed by atoms with E-state index in [1.54, 1.807) is 0 Å². The number of rotatable bonds is 7. The number of nitrogens with one attached hydrogen (secondary N) is 2. The lowest BCUT2D eigenvalue weighted by atomic mass is 10.1. The summed E-state index contributed by atoms with van der Waals surface area (Å²) < 4.78 is 0. The molecule has 4 nitrogen and oxygen atoms in total. The van der Waals surface area contributed by atoms with E-state index in [0.717, 1.165) is 38.9 Å². The number of hydrogen-bond acceptors (Lipinski definition) is 3. The Morgan fingerprint density at radius 1 is 1.41 bits per heavy atom. The van der Waals surface area contributed by atoms with E-state index < -0.39 is 0 Å². The molecule has 2 atom stereocenters. The van der Waals surface area contributed by atoms with Crippen LogP contribution in [0.2, 0.25) is 0 Å². The molecule has 1 heterocycles. The zero-order chi connectivity index (χ0) is 15.1. The predicted octanol–water partition coefficient (Wildman–Crippen LogP) is 2.19. The number of carbonyl (C=O) groups excluding carboxylic acids is 1. The fourth-order valence-electron chi connectivity index (χ4n) is 2.68. The van der Waals surface area contributed by atoms with E-state index in [1.807, 2.05) is 6.07 Å². The summed E-state index contributed by atoms with van der Waals surface area (Å²) >= 11 is 0. The van der Waals surface area contributed by atoms with Gasteiger partial charge in [-0.15, -0.1) is 12.4 Å². The standard InChI is InChI=1S/C17H27N3O.ClH/c1-14(20(2)13-15-7-4-3-5-8-15)10-12-19-17(21)16-9-6-11-18-16;/h3-5,7-8,14,16,18H,6,9-13H2,1-2H3,(H,19,21);1H. The van der Waals surface area contributed by atoms with Crippen molar-refractivity contribution in [3.63, 3.8) is 0 Å². The minimum atomic E-state index is 0. The van der Waals surface area contributed by atoms with Crippen LogP contribution in [-0.4, -0.2) is 43.0 Å². The zero-order valence-corrected chi connectivity index (χ0v) is 14.4. The first-order chi connectivity index (χ1) is 10.2. The molecule has 1 aromatic rings. The Labute approximate surface area is 140 Å². The van der Waals surface area contributed by atoms with Gasteiger partial charge in [-0.25, -0.2) is 0 Å². The molecule has 0 spiro atoms. The Morgan fingerprint density at radius 3 is 2.77 bits per heavy atom. The molecule has 0 aliphatic carbocycles. The van der Waals surface area contributed by atoms with Crippen molar-refractivity contribution in [2.24, 2.45) is 0 Å². The lowest BCUT2D eigenvalue weighted by molar-refractivity contribution is -0.122. The van der Waals surface area contributed by atoms with Gasteiger partial charge in [0, 0.05) is 19.1 Å². The summed E-state index contributed by atoms with van der Waals surface area (Å²) in [4.78, 5) is 14.2. The fraction of sp³-hybridized carbons (Fsp3) is 0.588. The van der Waals surface area contributed by atoms with Crippen LogP contribution in [0, 0.1) is 0 Å². The maximum atomic E-state index is 11.9. The fourth-order valence-corrected chi connectivity index (χ4v) is 2.68. The third-order valence-corrected chi connectivity index (χ3v) is 4.27. The number of amides is 1. The van der Waals surface area contributed by atoms with Gasteiger partial charge in [-0.1, -0.05) is 30.3 Å². The van der Waals surface area contributed by atoms with Crippen molar-refractivity contribution in [1.29, 1.82) is 0 Å². The first-order valence-corrected chi connectivity index (χ1v) is 7.92. The highest BCUT2D eigenvalue weighted by molar-refractivity contribution is 5.85. The van der Waals surface area contributed by atoms with E-state index in [1.165, 1.54) is 5.56 Å². The van der Waals surface area contributed by atoms with Crippen molar-refractivity contribution in [2.75, 3.05) is 20.1 Å². The molecule has 0 saturated carbocycles. The first kappa shape index (κ1) is 18.9. The van der Waals surface area contributed by atoms with Gasteiger partial charge in [0.05, 0.1) is 6.04 Å². The Morgan fingerprint density at radius 2 is 2.14 bits per heavy atom. The molecule has 1 aliphatic rings. The zero-order valence-electron chi connectivity index (χ0n) is 13.5. The Bertz CT molecular complexity index is 435. The molecule has 0 bridgehead atoms. The SMILES string of the molecule is CC(CCNC(=O)C1CCCN1)N(C)Cc1ccccc1.Cl. The molecule has 22 heavy (non-hydrogen) atoms. The average molecular weight is 326 g/mol. The number of benzene rings is 1. The largest absolute Gasteiger partial charge is 0.355 e. The molecule has 124 valence electrons. The topological polar surface area (TPSA) is 44.4 Å². The molecule has 5 heteroatoms. The summed E-state index contributed by atoms with van der Waals surface area (Å²) in [6, 6.07) is 11.0. The number of carbonyl (C=O) groups is 1. The van der Waals surface area contributed by atoms with E-state index in [9.17, 15) is 4.79 Å². The summed E-state index contributed by atoms with van der Waals surface area (Å²) in [5, 5.41) is 6.27. The van der Waals surface area contributed by atoms with Gasteiger partial charge in [0.1, 0.15) is 0 Å². The summed E-state index contributed by atoms with van der Waals surface area (Å²) in [5.74, 6) is 0.158. The van der Waals surface area contributed by atoms with E-state index in [2.05, 4.69) is 53.8 Å². The van der Waals surface area contributed by atoms with Crippen molar-refractivity contribution in [1.82, 2.24) is 15.5 Å². The third-order valence-electron chi connectivity index (χ3n) is 4.27. The van der Waals surface area contributed by atoms with Gasteiger partial charge >= 0.3 is 0 Å². The first-order valence-electron chi connectivity index (χ1n) is 7.92.